The second kappa shape index (κ2) is 6.87. The summed E-state index contributed by atoms with van der Waals surface area (Å²) >= 11 is 5.86. The van der Waals surface area contributed by atoms with E-state index in [0.29, 0.717) is 22.9 Å². The largest absolute Gasteiger partial charge is 0.493 e. The topological polar surface area (TPSA) is 62.1 Å². The molecule has 0 radical (unpaired) electrons. The van der Waals surface area contributed by atoms with Crippen LogP contribution in [0.3, 0.4) is 0 Å². The number of nitrogens with zero attached hydrogens (tertiary/aromatic N) is 1. The molecule has 5 heteroatoms. The first-order valence-corrected chi connectivity index (χ1v) is 6.06. The van der Waals surface area contributed by atoms with Crippen molar-refractivity contribution in [3.8, 4) is 11.8 Å². The van der Waals surface area contributed by atoms with Crippen LogP contribution in [0.25, 0.3) is 0 Å². The monoisotopic (exact) mass is 266 g/mol. The number of benzene rings is 1. The number of nitriles is 1. The lowest BCUT2D eigenvalue weighted by atomic mass is 10.1. The molecule has 0 fully saturated rings. The smallest absolute Gasteiger partial charge is 0.255 e. The number of ether oxygens (including phenoxy) is 1. The SMILES string of the molecule is CCOc1cc(Cl)ccc1C(=O)NC(C)CC#N. The van der Waals surface area contributed by atoms with Crippen LogP contribution in [0, 0.1) is 11.3 Å². The van der Waals surface area contributed by atoms with Gasteiger partial charge in [-0.15, -0.1) is 0 Å². The molecule has 4 nitrogen and oxygen atoms in total. The summed E-state index contributed by atoms with van der Waals surface area (Å²) < 4.78 is 5.37. The molecule has 0 aromatic heterocycles. The molecule has 0 aliphatic rings. The quantitative estimate of drug-likeness (QED) is 0.891. The third-order valence-corrected chi connectivity index (χ3v) is 2.50. The van der Waals surface area contributed by atoms with Gasteiger partial charge in [-0.05, 0) is 32.0 Å². The maximum atomic E-state index is 12.0. The van der Waals surface area contributed by atoms with Crippen LogP contribution >= 0.6 is 11.6 Å². The number of carbonyl (C=O) groups excluding carboxylic acids is 1. The van der Waals surface area contributed by atoms with Gasteiger partial charge in [0, 0.05) is 11.1 Å². The highest BCUT2D eigenvalue weighted by molar-refractivity contribution is 6.30. The van der Waals surface area contributed by atoms with Crippen molar-refractivity contribution in [3.63, 3.8) is 0 Å². The Hall–Kier alpha value is -1.73. The predicted molar refractivity (Wildman–Crippen MR) is 69.8 cm³/mol. The maximum absolute atomic E-state index is 12.0. The summed E-state index contributed by atoms with van der Waals surface area (Å²) in [5, 5.41) is 11.8. The fourth-order valence-electron chi connectivity index (χ4n) is 1.45. The van der Waals surface area contributed by atoms with Gasteiger partial charge in [0.2, 0.25) is 0 Å². The number of amides is 1. The Bertz CT molecular complexity index is 469. The number of nitrogens with one attached hydrogen (secondary N) is 1. The molecule has 0 saturated carbocycles. The highest BCUT2D eigenvalue weighted by atomic mass is 35.5. The van der Waals surface area contributed by atoms with Gasteiger partial charge in [-0.3, -0.25) is 4.79 Å². The van der Waals surface area contributed by atoms with E-state index in [2.05, 4.69) is 5.32 Å². The molecule has 1 amide bonds. The average Bonchev–Trinajstić information content (AvgIpc) is 2.29. The van der Waals surface area contributed by atoms with Crippen LogP contribution in [-0.4, -0.2) is 18.6 Å². The number of halogens is 1. The molecule has 0 aliphatic carbocycles. The molecular formula is C13H15ClN2O2. The van der Waals surface area contributed by atoms with E-state index in [0.717, 1.165) is 0 Å². The summed E-state index contributed by atoms with van der Waals surface area (Å²) in [6.07, 6.45) is 0.267. The van der Waals surface area contributed by atoms with Crippen molar-refractivity contribution in [2.45, 2.75) is 26.3 Å². The summed E-state index contributed by atoms with van der Waals surface area (Å²) in [7, 11) is 0. The molecule has 0 spiro atoms. The van der Waals surface area contributed by atoms with E-state index in [1.54, 1.807) is 25.1 Å². The van der Waals surface area contributed by atoms with Crippen molar-refractivity contribution in [3.05, 3.63) is 28.8 Å². The molecule has 1 rings (SSSR count). The molecule has 0 saturated heterocycles. The highest BCUT2D eigenvalue weighted by Gasteiger charge is 2.15. The Morgan fingerprint density at radius 1 is 1.61 bits per heavy atom. The van der Waals surface area contributed by atoms with Crippen molar-refractivity contribution < 1.29 is 9.53 Å². The van der Waals surface area contributed by atoms with Crippen LogP contribution in [0.4, 0.5) is 0 Å². The Labute approximate surface area is 112 Å². The molecule has 1 N–H and O–H groups in total. The van der Waals surface area contributed by atoms with Gasteiger partial charge < -0.3 is 10.1 Å². The van der Waals surface area contributed by atoms with Crippen LogP contribution in [-0.2, 0) is 0 Å². The van der Waals surface area contributed by atoms with Crippen LogP contribution in [0.1, 0.15) is 30.6 Å². The van der Waals surface area contributed by atoms with Crippen LogP contribution < -0.4 is 10.1 Å². The van der Waals surface area contributed by atoms with Gasteiger partial charge in [-0.2, -0.15) is 5.26 Å². The van der Waals surface area contributed by atoms with Gasteiger partial charge in [0.25, 0.3) is 5.91 Å². The maximum Gasteiger partial charge on any atom is 0.255 e. The zero-order chi connectivity index (χ0) is 13.5. The van der Waals surface area contributed by atoms with Crippen molar-refractivity contribution in [1.29, 1.82) is 5.26 Å². The van der Waals surface area contributed by atoms with Crippen molar-refractivity contribution in [2.75, 3.05) is 6.61 Å². The fraction of sp³-hybridized carbons (Fsp3) is 0.385. The molecule has 0 heterocycles. The molecule has 0 bridgehead atoms. The third-order valence-electron chi connectivity index (χ3n) is 2.26. The third kappa shape index (κ3) is 3.94. The van der Waals surface area contributed by atoms with Crippen molar-refractivity contribution in [2.24, 2.45) is 0 Å². The highest BCUT2D eigenvalue weighted by Crippen LogP contribution is 2.23. The molecule has 1 aromatic rings. The van der Waals surface area contributed by atoms with Crippen molar-refractivity contribution in [1.82, 2.24) is 5.32 Å². The Morgan fingerprint density at radius 3 is 2.94 bits per heavy atom. The molecule has 18 heavy (non-hydrogen) atoms. The summed E-state index contributed by atoms with van der Waals surface area (Å²) in [6, 6.07) is 6.66. The number of hydrogen-bond acceptors (Lipinski definition) is 3. The number of hydrogen-bond donors (Lipinski definition) is 1. The lowest BCUT2D eigenvalue weighted by Gasteiger charge is -2.13. The lowest BCUT2D eigenvalue weighted by Crippen LogP contribution is -2.32. The first-order chi connectivity index (χ1) is 8.58. The zero-order valence-corrected chi connectivity index (χ0v) is 11.1. The second-order valence-electron chi connectivity index (χ2n) is 3.81. The van der Waals surface area contributed by atoms with Crippen LogP contribution in [0.2, 0.25) is 5.02 Å². The Kier molecular flexibility index (Phi) is 5.47. The predicted octanol–water partition coefficient (Wildman–Crippen LogP) is 2.77. The molecule has 1 unspecified atom stereocenters. The first kappa shape index (κ1) is 14.3. The normalized spacial score (nSPS) is 11.4. The van der Waals surface area contributed by atoms with E-state index in [1.807, 2.05) is 13.0 Å². The molecule has 96 valence electrons. The summed E-state index contributed by atoms with van der Waals surface area (Å²) in [5.74, 6) is 0.185. The summed E-state index contributed by atoms with van der Waals surface area (Å²) in [6.45, 7) is 4.06. The summed E-state index contributed by atoms with van der Waals surface area (Å²) in [5.41, 5.74) is 0.422. The van der Waals surface area contributed by atoms with E-state index in [1.165, 1.54) is 0 Å². The number of rotatable bonds is 5. The minimum absolute atomic E-state index is 0.201. The van der Waals surface area contributed by atoms with Crippen LogP contribution in [0.15, 0.2) is 18.2 Å². The van der Waals surface area contributed by atoms with Crippen LogP contribution in [0.5, 0.6) is 5.75 Å². The van der Waals surface area contributed by atoms with Gasteiger partial charge in [-0.1, -0.05) is 11.6 Å². The van der Waals surface area contributed by atoms with E-state index < -0.39 is 0 Å². The summed E-state index contributed by atoms with van der Waals surface area (Å²) in [4.78, 5) is 12.0. The lowest BCUT2D eigenvalue weighted by molar-refractivity contribution is 0.0937. The molecule has 0 aliphatic heterocycles. The van der Waals surface area contributed by atoms with Gasteiger partial charge in [0.15, 0.2) is 0 Å². The fourth-order valence-corrected chi connectivity index (χ4v) is 1.61. The van der Waals surface area contributed by atoms with E-state index in [4.69, 9.17) is 21.6 Å². The van der Waals surface area contributed by atoms with Gasteiger partial charge >= 0.3 is 0 Å². The zero-order valence-electron chi connectivity index (χ0n) is 10.4. The molecular weight excluding hydrogens is 252 g/mol. The molecule has 1 atom stereocenters. The second-order valence-corrected chi connectivity index (χ2v) is 4.25. The molecule has 1 aromatic carbocycles. The average molecular weight is 267 g/mol. The first-order valence-electron chi connectivity index (χ1n) is 5.68. The minimum atomic E-state index is -0.266. The minimum Gasteiger partial charge on any atom is -0.493 e. The number of carbonyl (C=O) groups is 1. The van der Waals surface area contributed by atoms with E-state index in [-0.39, 0.29) is 18.4 Å². The standard InChI is InChI=1S/C13H15ClN2O2/c1-3-18-12-8-10(14)4-5-11(12)13(17)16-9(2)6-7-15/h4-5,8-9H,3,6H2,1-2H3,(H,16,17). The van der Waals surface area contributed by atoms with Gasteiger partial charge in [0.1, 0.15) is 5.75 Å². The van der Waals surface area contributed by atoms with Crippen molar-refractivity contribution >= 4 is 17.5 Å². The van der Waals surface area contributed by atoms with Gasteiger partial charge in [0.05, 0.1) is 24.7 Å². The van der Waals surface area contributed by atoms with Gasteiger partial charge in [-0.25, -0.2) is 0 Å². The Morgan fingerprint density at radius 2 is 2.33 bits per heavy atom. The van der Waals surface area contributed by atoms with E-state index >= 15 is 0 Å². The van der Waals surface area contributed by atoms with E-state index in [9.17, 15) is 4.79 Å². The Balaban J connectivity index is 2.88.